The number of hydrogen-bond donors (Lipinski definition) is 0. The van der Waals surface area contributed by atoms with Crippen LogP contribution in [0.1, 0.15) is 35.0 Å². The summed E-state index contributed by atoms with van der Waals surface area (Å²) in [5.74, 6) is -1.03. The molecule has 2 aromatic rings. The second-order valence-electron chi connectivity index (χ2n) is 5.85. The van der Waals surface area contributed by atoms with E-state index < -0.39 is 23.4 Å². The molecule has 0 unspecified atom stereocenters. The first-order valence-corrected chi connectivity index (χ1v) is 8.00. The second kappa shape index (κ2) is 6.42. The summed E-state index contributed by atoms with van der Waals surface area (Å²) in [6, 6.07) is 5.19. The van der Waals surface area contributed by atoms with Gasteiger partial charge in [-0.05, 0) is 31.4 Å². The van der Waals surface area contributed by atoms with E-state index in [0.29, 0.717) is 11.4 Å². The molecule has 25 heavy (non-hydrogen) atoms. The lowest BCUT2D eigenvalue weighted by molar-refractivity contribution is -0.143. The first-order chi connectivity index (χ1) is 11.8. The van der Waals surface area contributed by atoms with Gasteiger partial charge in [-0.3, -0.25) is 0 Å². The number of esters is 1. The first-order valence-electron chi connectivity index (χ1n) is 8.00. The molecule has 0 bridgehead atoms. The number of ether oxygens (including phenoxy) is 1. The third-order valence-corrected chi connectivity index (χ3v) is 4.18. The van der Waals surface area contributed by atoms with Crippen molar-refractivity contribution in [3.63, 3.8) is 0 Å². The molecule has 0 N–H and O–H groups in total. The Morgan fingerprint density at radius 2 is 2.12 bits per heavy atom. The molecule has 1 aromatic heterocycles. The van der Waals surface area contributed by atoms with E-state index in [1.807, 2.05) is 18.0 Å². The maximum absolute atomic E-state index is 13.7. The zero-order valence-corrected chi connectivity index (χ0v) is 13.9. The smallest absolute Gasteiger partial charge is 0.434 e. The van der Waals surface area contributed by atoms with Crippen molar-refractivity contribution in [2.24, 2.45) is 0 Å². The third kappa shape index (κ3) is 3.08. The molecule has 0 fully saturated rings. The summed E-state index contributed by atoms with van der Waals surface area (Å²) < 4.78 is 46.6. The van der Waals surface area contributed by atoms with Gasteiger partial charge in [-0.1, -0.05) is 12.1 Å². The minimum absolute atomic E-state index is 0.00914. The number of aromatic nitrogens is 2. The average Bonchev–Trinajstić information content (AvgIpc) is 3.00. The predicted molar refractivity (Wildman–Crippen MR) is 86.1 cm³/mol. The Kier molecular flexibility index (Phi) is 4.45. The van der Waals surface area contributed by atoms with Crippen LogP contribution in [0.4, 0.5) is 18.9 Å². The number of fused-ring (bicyclic) bond motifs is 1. The normalized spacial score (nSPS) is 14.4. The molecular formula is C17H18F3N3O2. The molecule has 0 saturated carbocycles. The monoisotopic (exact) mass is 353 g/mol. The fourth-order valence-electron chi connectivity index (χ4n) is 3.17. The quantitative estimate of drug-likeness (QED) is 0.793. The van der Waals surface area contributed by atoms with Crippen molar-refractivity contribution in [2.45, 2.75) is 25.9 Å². The molecule has 134 valence electrons. The van der Waals surface area contributed by atoms with E-state index in [1.54, 1.807) is 12.1 Å². The summed E-state index contributed by atoms with van der Waals surface area (Å²) in [5, 5.41) is 3.87. The number of halogens is 3. The summed E-state index contributed by atoms with van der Waals surface area (Å²) >= 11 is 0. The van der Waals surface area contributed by atoms with Gasteiger partial charge in [0.2, 0.25) is 0 Å². The van der Waals surface area contributed by atoms with Crippen molar-refractivity contribution in [1.82, 2.24) is 9.78 Å². The SMILES string of the molecule is CCOC(=O)c1cnn(-c2cccc3c2N(C)CCC3)c1C(F)(F)F. The molecule has 0 amide bonds. The minimum atomic E-state index is -4.74. The van der Waals surface area contributed by atoms with Gasteiger partial charge in [0.15, 0.2) is 5.69 Å². The third-order valence-electron chi connectivity index (χ3n) is 4.18. The van der Waals surface area contributed by atoms with Crippen LogP contribution in [0.3, 0.4) is 0 Å². The van der Waals surface area contributed by atoms with E-state index in [-0.39, 0.29) is 6.61 Å². The Labute approximate surface area is 143 Å². The molecule has 3 rings (SSSR count). The van der Waals surface area contributed by atoms with Gasteiger partial charge < -0.3 is 9.64 Å². The number of benzene rings is 1. The van der Waals surface area contributed by atoms with Gasteiger partial charge in [-0.2, -0.15) is 18.3 Å². The maximum atomic E-state index is 13.7. The van der Waals surface area contributed by atoms with Crippen LogP contribution in [-0.2, 0) is 17.3 Å². The summed E-state index contributed by atoms with van der Waals surface area (Å²) in [4.78, 5) is 13.8. The lowest BCUT2D eigenvalue weighted by atomic mass is 10.0. The van der Waals surface area contributed by atoms with Crippen molar-refractivity contribution in [2.75, 3.05) is 25.1 Å². The van der Waals surface area contributed by atoms with Crippen LogP contribution in [0.25, 0.3) is 5.69 Å². The first kappa shape index (κ1) is 17.3. The van der Waals surface area contributed by atoms with Crippen molar-refractivity contribution in [1.29, 1.82) is 0 Å². The Morgan fingerprint density at radius 1 is 1.36 bits per heavy atom. The van der Waals surface area contributed by atoms with E-state index in [0.717, 1.165) is 35.8 Å². The molecule has 0 atom stereocenters. The van der Waals surface area contributed by atoms with Crippen molar-refractivity contribution in [3.05, 3.63) is 41.2 Å². The van der Waals surface area contributed by atoms with Gasteiger partial charge in [-0.25, -0.2) is 9.48 Å². The Morgan fingerprint density at radius 3 is 2.80 bits per heavy atom. The van der Waals surface area contributed by atoms with Gasteiger partial charge in [0.05, 0.1) is 24.2 Å². The Bertz CT molecular complexity index is 799. The van der Waals surface area contributed by atoms with Crippen LogP contribution in [0.2, 0.25) is 0 Å². The second-order valence-corrected chi connectivity index (χ2v) is 5.85. The number of aryl methyl sites for hydroxylation is 1. The molecule has 0 saturated heterocycles. The molecule has 0 spiro atoms. The van der Waals surface area contributed by atoms with Gasteiger partial charge >= 0.3 is 12.1 Å². The number of para-hydroxylation sites is 1. The van der Waals surface area contributed by atoms with Crippen LogP contribution < -0.4 is 4.90 Å². The molecule has 0 aliphatic carbocycles. The zero-order chi connectivity index (χ0) is 18.2. The molecule has 0 radical (unpaired) electrons. The number of carbonyl (C=O) groups excluding carboxylic acids is 1. The summed E-state index contributed by atoms with van der Waals surface area (Å²) in [5.41, 5.74) is 0.289. The lowest BCUT2D eigenvalue weighted by Gasteiger charge is -2.30. The number of nitrogens with zero attached hydrogens (tertiary/aromatic N) is 3. The van der Waals surface area contributed by atoms with Crippen molar-refractivity contribution >= 4 is 11.7 Å². The molecule has 8 heteroatoms. The largest absolute Gasteiger partial charge is 0.462 e. The highest BCUT2D eigenvalue weighted by atomic mass is 19.4. The Balaban J connectivity index is 2.21. The molecule has 2 heterocycles. The molecule has 5 nitrogen and oxygen atoms in total. The fraction of sp³-hybridized carbons (Fsp3) is 0.412. The van der Waals surface area contributed by atoms with E-state index in [1.165, 1.54) is 6.92 Å². The predicted octanol–water partition coefficient (Wildman–Crippen LogP) is 3.45. The van der Waals surface area contributed by atoms with Crippen LogP contribution in [0.5, 0.6) is 0 Å². The topological polar surface area (TPSA) is 47.4 Å². The molecule has 1 aromatic carbocycles. The van der Waals surface area contributed by atoms with Gasteiger partial charge in [0.1, 0.15) is 5.56 Å². The van der Waals surface area contributed by atoms with E-state index >= 15 is 0 Å². The van der Waals surface area contributed by atoms with Crippen LogP contribution in [-0.4, -0.2) is 35.9 Å². The van der Waals surface area contributed by atoms with E-state index in [4.69, 9.17) is 4.74 Å². The summed E-state index contributed by atoms with van der Waals surface area (Å²) in [6.07, 6.45) is -2.09. The molecule has 1 aliphatic heterocycles. The molecular weight excluding hydrogens is 335 g/mol. The Hall–Kier alpha value is -2.51. The highest BCUT2D eigenvalue weighted by Gasteiger charge is 2.41. The van der Waals surface area contributed by atoms with Crippen LogP contribution >= 0.6 is 0 Å². The number of rotatable bonds is 3. The maximum Gasteiger partial charge on any atom is 0.434 e. The van der Waals surface area contributed by atoms with Gasteiger partial charge in [0, 0.05) is 13.6 Å². The summed E-state index contributed by atoms with van der Waals surface area (Å²) in [7, 11) is 1.84. The number of hydrogen-bond acceptors (Lipinski definition) is 4. The number of alkyl halides is 3. The van der Waals surface area contributed by atoms with E-state index in [2.05, 4.69) is 5.10 Å². The number of anilines is 1. The number of carbonyl (C=O) groups is 1. The van der Waals surface area contributed by atoms with Gasteiger partial charge in [0.25, 0.3) is 0 Å². The summed E-state index contributed by atoms with van der Waals surface area (Å²) in [6.45, 7) is 2.28. The van der Waals surface area contributed by atoms with Crippen molar-refractivity contribution < 1.29 is 22.7 Å². The van der Waals surface area contributed by atoms with Crippen molar-refractivity contribution in [3.8, 4) is 5.69 Å². The van der Waals surface area contributed by atoms with E-state index in [9.17, 15) is 18.0 Å². The van der Waals surface area contributed by atoms with Crippen LogP contribution in [0, 0.1) is 0 Å². The lowest BCUT2D eigenvalue weighted by Crippen LogP contribution is -2.27. The fourth-order valence-corrected chi connectivity index (χ4v) is 3.17. The zero-order valence-electron chi connectivity index (χ0n) is 13.9. The minimum Gasteiger partial charge on any atom is -0.462 e. The average molecular weight is 353 g/mol. The highest BCUT2D eigenvalue weighted by molar-refractivity contribution is 5.91. The van der Waals surface area contributed by atoms with Crippen LogP contribution in [0.15, 0.2) is 24.4 Å². The standard InChI is InChI=1S/C17H18F3N3O2/c1-3-25-16(24)12-10-21-23(15(12)17(18,19)20)13-8-4-6-11-7-5-9-22(2)14(11)13/h4,6,8,10H,3,5,7,9H2,1-2H3. The molecule has 1 aliphatic rings. The highest BCUT2D eigenvalue weighted by Crippen LogP contribution is 2.38. The van der Waals surface area contributed by atoms with Gasteiger partial charge in [-0.15, -0.1) is 0 Å².